The van der Waals surface area contributed by atoms with Crippen LogP contribution in [0.2, 0.25) is 0 Å². The molecule has 0 bridgehead atoms. The van der Waals surface area contributed by atoms with Crippen LogP contribution < -0.4 is 16.4 Å². The molecule has 4 rings (SSSR count). The fourth-order valence-electron chi connectivity index (χ4n) is 4.70. The average molecular weight is 488 g/mol. The molecule has 0 aliphatic carbocycles. The van der Waals surface area contributed by atoms with Crippen LogP contribution in [0.25, 0.3) is 0 Å². The van der Waals surface area contributed by atoms with Crippen molar-refractivity contribution in [2.24, 2.45) is 5.73 Å². The molecule has 3 aliphatic rings. The number of imide groups is 2. The van der Waals surface area contributed by atoms with E-state index < -0.39 is 23.8 Å². The molecule has 11 heteroatoms. The normalized spacial score (nSPS) is 21.4. The number of hydrogen-bond donors (Lipinski definition) is 3. The van der Waals surface area contributed by atoms with Gasteiger partial charge in [0, 0.05) is 44.3 Å². The van der Waals surface area contributed by atoms with E-state index in [0.29, 0.717) is 33.0 Å². The van der Waals surface area contributed by atoms with Crippen molar-refractivity contribution in [2.45, 2.75) is 37.8 Å². The Morgan fingerprint density at radius 1 is 0.943 bits per heavy atom. The van der Waals surface area contributed by atoms with Gasteiger partial charge in [0.25, 0.3) is 11.8 Å². The number of rotatable bonds is 11. The number of fused-ring (bicyclic) bond motifs is 1. The van der Waals surface area contributed by atoms with E-state index in [1.54, 1.807) is 18.2 Å². The number of benzene rings is 1. The fourth-order valence-corrected chi connectivity index (χ4v) is 4.70. The summed E-state index contributed by atoms with van der Waals surface area (Å²) < 4.78 is 10.9. The van der Waals surface area contributed by atoms with Gasteiger partial charge in [0.1, 0.15) is 6.04 Å². The Morgan fingerprint density at radius 2 is 1.66 bits per heavy atom. The van der Waals surface area contributed by atoms with Crippen molar-refractivity contribution in [1.82, 2.24) is 15.1 Å². The molecule has 4 N–H and O–H groups in total. The summed E-state index contributed by atoms with van der Waals surface area (Å²) in [5, 5.41) is 5.69. The van der Waals surface area contributed by atoms with Crippen LogP contribution in [0.1, 0.15) is 46.4 Å². The van der Waals surface area contributed by atoms with Crippen LogP contribution in [-0.4, -0.2) is 98.1 Å². The summed E-state index contributed by atoms with van der Waals surface area (Å²) in [7, 11) is 0. The fraction of sp³-hybridized carbons (Fsp3) is 0.583. The highest BCUT2D eigenvalue weighted by molar-refractivity contribution is 6.23. The summed E-state index contributed by atoms with van der Waals surface area (Å²) >= 11 is 0. The maximum Gasteiger partial charge on any atom is 0.262 e. The number of hydrogen-bond acceptors (Lipinski definition) is 9. The zero-order chi connectivity index (χ0) is 24.8. The molecule has 0 radical (unpaired) electrons. The molecule has 2 saturated heterocycles. The molecule has 4 amide bonds. The second-order valence-corrected chi connectivity index (χ2v) is 8.98. The summed E-state index contributed by atoms with van der Waals surface area (Å²) in [6, 6.07) is 4.42. The average Bonchev–Trinajstić information content (AvgIpc) is 3.09. The van der Waals surface area contributed by atoms with Crippen molar-refractivity contribution in [3.8, 4) is 0 Å². The third kappa shape index (κ3) is 6.04. The lowest BCUT2D eigenvalue weighted by molar-refractivity contribution is -0.136. The number of anilines is 1. The van der Waals surface area contributed by atoms with Gasteiger partial charge in [-0.05, 0) is 37.5 Å². The Kier molecular flexibility index (Phi) is 8.45. The van der Waals surface area contributed by atoms with Gasteiger partial charge in [-0.25, -0.2) is 0 Å². The van der Waals surface area contributed by atoms with Crippen molar-refractivity contribution in [3.05, 3.63) is 29.3 Å². The maximum absolute atomic E-state index is 13.0. The molecule has 190 valence electrons. The highest BCUT2D eigenvalue weighted by Gasteiger charge is 2.44. The summed E-state index contributed by atoms with van der Waals surface area (Å²) in [5.74, 6) is -1.98. The molecule has 3 aliphatic heterocycles. The van der Waals surface area contributed by atoms with Crippen LogP contribution in [0, 0.1) is 0 Å². The largest absolute Gasteiger partial charge is 0.382 e. The Labute approximate surface area is 204 Å². The summed E-state index contributed by atoms with van der Waals surface area (Å²) in [6.07, 6.45) is 2.15. The predicted molar refractivity (Wildman–Crippen MR) is 127 cm³/mol. The molecule has 0 spiro atoms. The molecular weight excluding hydrogens is 454 g/mol. The van der Waals surface area contributed by atoms with Gasteiger partial charge in [0.05, 0.1) is 37.6 Å². The first-order valence-electron chi connectivity index (χ1n) is 12.2. The maximum atomic E-state index is 13.0. The molecule has 1 atom stereocenters. The Bertz CT molecular complexity index is 962. The van der Waals surface area contributed by atoms with E-state index in [-0.39, 0.29) is 35.9 Å². The van der Waals surface area contributed by atoms with Gasteiger partial charge >= 0.3 is 0 Å². The lowest BCUT2D eigenvalue weighted by Gasteiger charge is -2.32. The Hall–Kier alpha value is -2.86. The zero-order valence-corrected chi connectivity index (χ0v) is 19.8. The number of carbonyl (C=O) groups is 4. The van der Waals surface area contributed by atoms with Gasteiger partial charge in [0.15, 0.2) is 0 Å². The number of likely N-dealkylation sites (tertiary alicyclic amines) is 1. The summed E-state index contributed by atoms with van der Waals surface area (Å²) in [6.45, 7) is 5.61. The topological polar surface area (TPSA) is 143 Å². The Morgan fingerprint density at radius 3 is 2.37 bits per heavy atom. The molecule has 1 aromatic rings. The second-order valence-electron chi connectivity index (χ2n) is 8.98. The lowest BCUT2D eigenvalue weighted by Crippen LogP contribution is -2.54. The monoisotopic (exact) mass is 487 g/mol. The van der Waals surface area contributed by atoms with E-state index in [1.807, 2.05) is 0 Å². The quantitative estimate of drug-likeness (QED) is 0.289. The van der Waals surface area contributed by atoms with E-state index >= 15 is 0 Å². The van der Waals surface area contributed by atoms with Crippen LogP contribution in [0.15, 0.2) is 18.2 Å². The molecule has 0 aromatic heterocycles. The minimum absolute atomic E-state index is 0.102. The first-order chi connectivity index (χ1) is 17.0. The Balaban J connectivity index is 1.25. The smallest absolute Gasteiger partial charge is 0.262 e. The number of piperidine rings is 2. The molecular formula is C24H33N5O6. The summed E-state index contributed by atoms with van der Waals surface area (Å²) in [4.78, 5) is 52.8. The van der Waals surface area contributed by atoms with Gasteiger partial charge in [0.2, 0.25) is 11.8 Å². The highest BCUT2D eigenvalue weighted by atomic mass is 16.5. The molecule has 3 heterocycles. The zero-order valence-electron chi connectivity index (χ0n) is 19.8. The van der Waals surface area contributed by atoms with Crippen LogP contribution in [0.5, 0.6) is 0 Å². The first-order valence-corrected chi connectivity index (χ1v) is 12.2. The highest BCUT2D eigenvalue weighted by Crippen LogP contribution is 2.30. The van der Waals surface area contributed by atoms with E-state index in [0.717, 1.165) is 43.1 Å². The van der Waals surface area contributed by atoms with E-state index in [4.69, 9.17) is 15.2 Å². The minimum Gasteiger partial charge on any atom is -0.382 e. The number of amides is 4. The van der Waals surface area contributed by atoms with Crippen LogP contribution >= 0.6 is 0 Å². The van der Waals surface area contributed by atoms with Gasteiger partial charge < -0.3 is 25.4 Å². The van der Waals surface area contributed by atoms with Crippen LogP contribution in [0.4, 0.5) is 5.69 Å². The van der Waals surface area contributed by atoms with Crippen molar-refractivity contribution >= 4 is 29.3 Å². The second kappa shape index (κ2) is 11.7. The van der Waals surface area contributed by atoms with Gasteiger partial charge in [-0.2, -0.15) is 0 Å². The number of nitrogens with two attached hydrogens (primary N) is 1. The molecule has 1 unspecified atom stereocenters. The van der Waals surface area contributed by atoms with Crippen molar-refractivity contribution in [1.29, 1.82) is 0 Å². The van der Waals surface area contributed by atoms with Crippen molar-refractivity contribution in [2.75, 3.05) is 57.9 Å². The third-order valence-electron chi connectivity index (χ3n) is 6.58. The first kappa shape index (κ1) is 25.2. The molecule has 11 nitrogen and oxygen atoms in total. The lowest BCUT2D eigenvalue weighted by atomic mass is 10.0. The van der Waals surface area contributed by atoms with E-state index in [9.17, 15) is 19.2 Å². The van der Waals surface area contributed by atoms with Crippen LogP contribution in [-0.2, 0) is 19.1 Å². The van der Waals surface area contributed by atoms with Gasteiger partial charge in [-0.1, -0.05) is 0 Å². The minimum atomic E-state index is -0.955. The van der Waals surface area contributed by atoms with Gasteiger partial charge in [-0.15, -0.1) is 0 Å². The SMILES string of the molecule is NCCOCCOCCN1CCC(Nc2ccc3c(c2)C(=O)N(C2CCC(=O)NC2=O)C3=O)CC1. The van der Waals surface area contributed by atoms with E-state index in [2.05, 4.69) is 15.5 Å². The number of ether oxygens (including phenoxy) is 2. The van der Waals surface area contributed by atoms with E-state index in [1.165, 1.54) is 0 Å². The molecule has 2 fully saturated rings. The third-order valence-corrected chi connectivity index (χ3v) is 6.58. The summed E-state index contributed by atoms with van der Waals surface area (Å²) in [5.41, 5.74) is 6.72. The molecule has 1 aromatic carbocycles. The van der Waals surface area contributed by atoms with Crippen LogP contribution in [0.3, 0.4) is 0 Å². The number of carbonyl (C=O) groups excluding carboxylic acids is 4. The van der Waals surface area contributed by atoms with Crippen molar-refractivity contribution < 1.29 is 28.7 Å². The predicted octanol–water partition coefficient (Wildman–Crippen LogP) is -0.0440. The number of nitrogens with one attached hydrogen (secondary N) is 2. The number of nitrogens with zero attached hydrogens (tertiary/aromatic N) is 2. The molecule has 0 saturated carbocycles. The standard InChI is InChI=1S/C24H33N5O6/c25-7-11-34-13-14-35-12-10-28-8-5-16(6-9-28)26-17-1-2-18-19(15-17)24(33)29(23(18)32)20-3-4-21(30)27-22(20)31/h1-2,15-16,20,26H,3-14,25H2,(H,27,30,31). The molecule has 35 heavy (non-hydrogen) atoms. The van der Waals surface area contributed by atoms with Gasteiger partial charge in [-0.3, -0.25) is 29.4 Å². The van der Waals surface area contributed by atoms with Crippen molar-refractivity contribution in [3.63, 3.8) is 0 Å².